The van der Waals surface area contributed by atoms with Gasteiger partial charge in [0.05, 0.1) is 6.61 Å². The molecule has 2 rings (SSSR count). The highest BCUT2D eigenvalue weighted by atomic mass is 16.5. The van der Waals surface area contributed by atoms with E-state index in [1.54, 1.807) is 0 Å². The Bertz CT molecular complexity index is 410. The standard InChI is InChI=1S/C19H31NO/c1-4-15-11-13-16(14-12-15)19(20-5-2)17-9-7-8-10-18(17)21-6-3/h7-10,15-16,19-20H,4-6,11-14H2,1-3H3. The van der Waals surface area contributed by atoms with Crippen molar-refractivity contribution in [3.63, 3.8) is 0 Å². The maximum Gasteiger partial charge on any atom is 0.124 e. The molecule has 1 unspecified atom stereocenters. The van der Waals surface area contributed by atoms with Gasteiger partial charge < -0.3 is 10.1 Å². The highest BCUT2D eigenvalue weighted by molar-refractivity contribution is 5.36. The predicted molar refractivity (Wildman–Crippen MR) is 89.8 cm³/mol. The van der Waals surface area contributed by atoms with Crippen LogP contribution in [0.3, 0.4) is 0 Å². The first-order valence-corrected chi connectivity index (χ1v) is 8.75. The zero-order valence-corrected chi connectivity index (χ0v) is 13.9. The van der Waals surface area contributed by atoms with E-state index in [4.69, 9.17) is 4.74 Å². The van der Waals surface area contributed by atoms with Crippen molar-refractivity contribution in [3.05, 3.63) is 29.8 Å². The number of rotatable bonds is 7. The van der Waals surface area contributed by atoms with Crippen LogP contribution < -0.4 is 10.1 Å². The van der Waals surface area contributed by atoms with Gasteiger partial charge in [-0.15, -0.1) is 0 Å². The topological polar surface area (TPSA) is 21.3 Å². The SMILES string of the molecule is CCNC(c1ccccc1OCC)C1CCC(CC)CC1. The minimum Gasteiger partial charge on any atom is -0.494 e. The van der Waals surface area contributed by atoms with E-state index < -0.39 is 0 Å². The second kappa shape index (κ2) is 8.43. The second-order valence-corrected chi connectivity index (χ2v) is 6.20. The minimum absolute atomic E-state index is 0.440. The number of hydrogen-bond donors (Lipinski definition) is 1. The smallest absolute Gasteiger partial charge is 0.124 e. The quantitative estimate of drug-likeness (QED) is 0.766. The molecule has 21 heavy (non-hydrogen) atoms. The molecule has 1 fully saturated rings. The molecule has 0 spiro atoms. The first-order chi connectivity index (χ1) is 10.3. The molecule has 0 amide bonds. The fraction of sp³-hybridized carbons (Fsp3) is 0.684. The van der Waals surface area contributed by atoms with Crippen LogP contribution in [0.4, 0.5) is 0 Å². The van der Waals surface area contributed by atoms with Crippen molar-refractivity contribution in [1.82, 2.24) is 5.32 Å². The average molecular weight is 289 g/mol. The molecule has 2 heteroatoms. The molecule has 0 bridgehead atoms. The normalized spacial score (nSPS) is 23.8. The molecule has 0 heterocycles. The second-order valence-electron chi connectivity index (χ2n) is 6.20. The van der Waals surface area contributed by atoms with E-state index in [-0.39, 0.29) is 0 Å². The third-order valence-corrected chi connectivity index (χ3v) is 4.92. The molecular weight excluding hydrogens is 258 g/mol. The van der Waals surface area contributed by atoms with Crippen LogP contribution in [0.2, 0.25) is 0 Å². The molecule has 118 valence electrons. The van der Waals surface area contributed by atoms with Crippen LogP contribution >= 0.6 is 0 Å². The molecule has 0 radical (unpaired) electrons. The van der Waals surface area contributed by atoms with Crippen LogP contribution in [0.15, 0.2) is 24.3 Å². The van der Waals surface area contributed by atoms with Crippen molar-refractivity contribution in [2.45, 2.75) is 58.9 Å². The maximum absolute atomic E-state index is 5.86. The van der Waals surface area contributed by atoms with Gasteiger partial charge in [-0.3, -0.25) is 0 Å². The van der Waals surface area contributed by atoms with Crippen LogP contribution in [-0.2, 0) is 0 Å². The van der Waals surface area contributed by atoms with Gasteiger partial charge in [0.15, 0.2) is 0 Å². The number of hydrogen-bond acceptors (Lipinski definition) is 2. The first-order valence-electron chi connectivity index (χ1n) is 8.75. The highest BCUT2D eigenvalue weighted by Gasteiger charge is 2.29. The van der Waals surface area contributed by atoms with Gasteiger partial charge in [0.25, 0.3) is 0 Å². The van der Waals surface area contributed by atoms with Crippen LogP contribution in [0.1, 0.15) is 64.5 Å². The van der Waals surface area contributed by atoms with E-state index in [1.807, 2.05) is 0 Å². The Morgan fingerprint density at radius 2 is 1.81 bits per heavy atom. The van der Waals surface area contributed by atoms with Gasteiger partial charge in [-0.2, -0.15) is 0 Å². The molecule has 1 N–H and O–H groups in total. The Balaban J connectivity index is 2.15. The number of para-hydroxylation sites is 1. The molecule has 1 aliphatic carbocycles. The van der Waals surface area contributed by atoms with E-state index in [2.05, 4.69) is 50.4 Å². The van der Waals surface area contributed by atoms with Gasteiger partial charge in [0.2, 0.25) is 0 Å². The molecule has 1 aromatic carbocycles. The summed E-state index contributed by atoms with van der Waals surface area (Å²) in [6.07, 6.45) is 6.81. The Kier molecular flexibility index (Phi) is 6.56. The first kappa shape index (κ1) is 16.4. The monoisotopic (exact) mass is 289 g/mol. The van der Waals surface area contributed by atoms with Crippen molar-refractivity contribution < 1.29 is 4.74 Å². The minimum atomic E-state index is 0.440. The third-order valence-electron chi connectivity index (χ3n) is 4.92. The van der Waals surface area contributed by atoms with Crippen molar-refractivity contribution in [2.75, 3.05) is 13.2 Å². The fourth-order valence-corrected chi connectivity index (χ4v) is 3.70. The Morgan fingerprint density at radius 3 is 2.43 bits per heavy atom. The third kappa shape index (κ3) is 4.23. The van der Waals surface area contributed by atoms with Crippen molar-refractivity contribution >= 4 is 0 Å². The number of nitrogens with one attached hydrogen (secondary N) is 1. The van der Waals surface area contributed by atoms with Crippen LogP contribution in [-0.4, -0.2) is 13.2 Å². The van der Waals surface area contributed by atoms with Crippen molar-refractivity contribution in [3.8, 4) is 5.75 Å². The lowest BCUT2D eigenvalue weighted by molar-refractivity contribution is 0.216. The van der Waals surface area contributed by atoms with Crippen molar-refractivity contribution in [2.24, 2.45) is 11.8 Å². The largest absolute Gasteiger partial charge is 0.494 e. The van der Waals surface area contributed by atoms with Crippen molar-refractivity contribution in [1.29, 1.82) is 0 Å². The van der Waals surface area contributed by atoms with Gasteiger partial charge in [0, 0.05) is 11.6 Å². The summed E-state index contributed by atoms with van der Waals surface area (Å²) in [6.45, 7) is 8.34. The summed E-state index contributed by atoms with van der Waals surface area (Å²) in [6, 6.07) is 9.01. The summed E-state index contributed by atoms with van der Waals surface area (Å²) < 4.78 is 5.86. The lowest BCUT2D eigenvalue weighted by Gasteiger charge is -2.35. The van der Waals surface area contributed by atoms with E-state index >= 15 is 0 Å². The van der Waals surface area contributed by atoms with Gasteiger partial charge in [0.1, 0.15) is 5.75 Å². The van der Waals surface area contributed by atoms with E-state index in [0.29, 0.717) is 6.04 Å². The molecule has 0 aromatic heterocycles. The summed E-state index contributed by atoms with van der Waals surface area (Å²) in [5.74, 6) is 2.75. The van der Waals surface area contributed by atoms with Gasteiger partial charge in [-0.25, -0.2) is 0 Å². The Hall–Kier alpha value is -1.02. The summed E-state index contributed by atoms with van der Waals surface area (Å²) in [4.78, 5) is 0. The molecule has 1 aliphatic rings. The summed E-state index contributed by atoms with van der Waals surface area (Å²) >= 11 is 0. The Morgan fingerprint density at radius 1 is 1.10 bits per heavy atom. The van der Waals surface area contributed by atoms with Crippen LogP contribution in [0.25, 0.3) is 0 Å². The molecule has 1 saturated carbocycles. The fourth-order valence-electron chi connectivity index (χ4n) is 3.70. The number of ether oxygens (including phenoxy) is 1. The summed E-state index contributed by atoms with van der Waals surface area (Å²) in [5.41, 5.74) is 1.35. The number of benzene rings is 1. The lowest BCUT2D eigenvalue weighted by Crippen LogP contribution is -2.31. The van der Waals surface area contributed by atoms with Gasteiger partial charge >= 0.3 is 0 Å². The van der Waals surface area contributed by atoms with Gasteiger partial charge in [-0.05, 0) is 44.2 Å². The molecule has 0 aliphatic heterocycles. The maximum atomic E-state index is 5.86. The van der Waals surface area contributed by atoms with E-state index in [9.17, 15) is 0 Å². The molecule has 1 atom stereocenters. The molecule has 0 saturated heterocycles. The summed E-state index contributed by atoms with van der Waals surface area (Å²) in [7, 11) is 0. The van der Waals surface area contributed by atoms with Gasteiger partial charge in [-0.1, -0.05) is 51.3 Å². The van der Waals surface area contributed by atoms with E-state index in [0.717, 1.165) is 30.7 Å². The lowest BCUT2D eigenvalue weighted by atomic mass is 9.76. The van der Waals surface area contributed by atoms with E-state index in [1.165, 1.54) is 37.7 Å². The Labute approximate surface area is 130 Å². The predicted octanol–water partition coefficient (Wildman–Crippen LogP) is 4.95. The van der Waals surface area contributed by atoms with Crippen LogP contribution in [0, 0.1) is 11.8 Å². The zero-order valence-electron chi connectivity index (χ0n) is 13.9. The zero-order chi connectivity index (χ0) is 15.1. The molecular formula is C19H31NO. The highest BCUT2D eigenvalue weighted by Crippen LogP contribution is 2.40. The summed E-state index contributed by atoms with van der Waals surface area (Å²) in [5, 5.41) is 3.72. The molecule has 1 aromatic rings. The van der Waals surface area contributed by atoms with Crippen LogP contribution in [0.5, 0.6) is 5.75 Å². The average Bonchev–Trinajstić information content (AvgIpc) is 2.54. The molecule has 2 nitrogen and oxygen atoms in total.